The zero-order valence-electron chi connectivity index (χ0n) is 11.5. The SMILES string of the molecule is CC1=CC(I)=CCCN1c1ccc(/C=C\C(F)(F)F)cc1. The van der Waals surface area contributed by atoms with Crippen LogP contribution in [0.4, 0.5) is 18.9 Å². The average molecular weight is 405 g/mol. The van der Waals surface area contributed by atoms with Crippen LogP contribution in [0.1, 0.15) is 18.9 Å². The van der Waals surface area contributed by atoms with E-state index in [0.29, 0.717) is 5.56 Å². The number of nitrogens with zero attached hydrogens (tertiary/aromatic N) is 1. The quantitative estimate of drug-likeness (QED) is 0.571. The Morgan fingerprint density at radius 3 is 2.48 bits per heavy atom. The maximum absolute atomic E-state index is 12.1. The molecule has 0 atom stereocenters. The van der Waals surface area contributed by atoms with Gasteiger partial charge >= 0.3 is 6.18 Å². The van der Waals surface area contributed by atoms with E-state index in [9.17, 15) is 13.2 Å². The maximum atomic E-state index is 12.1. The molecule has 0 aliphatic carbocycles. The molecule has 112 valence electrons. The molecule has 1 aliphatic heterocycles. The van der Waals surface area contributed by atoms with Crippen LogP contribution in [-0.2, 0) is 0 Å². The van der Waals surface area contributed by atoms with Gasteiger partial charge < -0.3 is 4.90 Å². The average Bonchev–Trinajstić information content (AvgIpc) is 2.57. The van der Waals surface area contributed by atoms with E-state index in [4.69, 9.17) is 0 Å². The summed E-state index contributed by atoms with van der Waals surface area (Å²) in [6, 6.07) is 7.11. The molecule has 2 rings (SSSR count). The smallest absolute Gasteiger partial charge is 0.345 e. The second-order valence-electron chi connectivity index (χ2n) is 4.78. The number of anilines is 1. The number of hydrogen-bond acceptors (Lipinski definition) is 1. The van der Waals surface area contributed by atoms with Crippen LogP contribution in [0.25, 0.3) is 6.08 Å². The summed E-state index contributed by atoms with van der Waals surface area (Å²) in [5.41, 5.74) is 2.67. The monoisotopic (exact) mass is 405 g/mol. The van der Waals surface area contributed by atoms with Crippen LogP contribution >= 0.6 is 22.6 Å². The number of rotatable bonds is 2. The molecule has 1 nitrogen and oxygen atoms in total. The van der Waals surface area contributed by atoms with Crippen LogP contribution in [0.5, 0.6) is 0 Å². The predicted molar refractivity (Wildman–Crippen MR) is 89.4 cm³/mol. The van der Waals surface area contributed by atoms with Crippen molar-refractivity contribution in [1.82, 2.24) is 0 Å². The highest BCUT2D eigenvalue weighted by Gasteiger charge is 2.21. The molecule has 0 saturated heterocycles. The normalized spacial score (nSPS) is 16.7. The minimum absolute atomic E-state index is 0.255. The Morgan fingerprint density at radius 2 is 1.86 bits per heavy atom. The summed E-state index contributed by atoms with van der Waals surface area (Å²) in [6.45, 7) is 2.90. The van der Waals surface area contributed by atoms with E-state index in [0.717, 1.165) is 30.4 Å². The second kappa shape index (κ2) is 6.68. The summed E-state index contributed by atoms with van der Waals surface area (Å²) in [5.74, 6) is 0. The van der Waals surface area contributed by atoms with Crippen LogP contribution in [0, 0.1) is 0 Å². The van der Waals surface area contributed by atoms with Crippen LogP contribution < -0.4 is 4.90 Å². The van der Waals surface area contributed by atoms with E-state index < -0.39 is 6.18 Å². The molecule has 0 radical (unpaired) electrons. The molecule has 0 aromatic heterocycles. The molecular weight excluding hydrogens is 390 g/mol. The lowest BCUT2D eigenvalue weighted by Gasteiger charge is -2.24. The third-order valence-corrected chi connectivity index (χ3v) is 3.89. The molecule has 0 N–H and O–H groups in total. The van der Waals surface area contributed by atoms with Gasteiger partial charge in [-0.15, -0.1) is 0 Å². The summed E-state index contributed by atoms with van der Waals surface area (Å²) in [5, 5.41) is 0. The highest BCUT2D eigenvalue weighted by molar-refractivity contribution is 14.1. The Hall–Kier alpha value is -1.24. The molecule has 1 aromatic carbocycles. The van der Waals surface area contributed by atoms with Gasteiger partial charge in [0.15, 0.2) is 0 Å². The van der Waals surface area contributed by atoms with Gasteiger partial charge in [-0.2, -0.15) is 13.2 Å². The third-order valence-electron chi connectivity index (χ3n) is 3.13. The number of halogens is 4. The van der Waals surface area contributed by atoms with Crippen molar-refractivity contribution in [3.05, 3.63) is 57.3 Å². The Balaban J connectivity index is 2.16. The van der Waals surface area contributed by atoms with Crippen molar-refractivity contribution in [3.63, 3.8) is 0 Å². The first-order valence-corrected chi connectivity index (χ1v) is 7.60. The highest BCUT2D eigenvalue weighted by atomic mass is 127. The first kappa shape index (κ1) is 16.1. The summed E-state index contributed by atoms with van der Waals surface area (Å²) in [6.07, 6.45) is 2.28. The molecule has 5 heteroatoms. The van der Waals surface area contributed by atoms with Gasteiger partial charge in [-0.05, 0) is 59.7 Å². The van der Waals surface area contributed by atoms with E-state index in [-0.39, 0.29) is 6.08 Å². The second-order valence-corrected chi connectivity index (χ2v) is 6.03. The molecular formula is C16H15F3IN. The molecule has 1 aromatic rings. The number of benzene rings is 1. The van der Waals surface area contributed by atoms with Gasteiger partial charge in [0.25, 0.3) is 0 Å². The molecule has 0 bridgehead atoms. The zero-order chi connectivity index (χ0) is 15.5. The van der Waals surface area contributed by atoms with E-state index in [1.165, 1.54) is 3.58 Å². The fraction of sp³-hybridized carbons (Fsp3) is 0.250. The molecule has 1 aliphatic rings. The van der Waals surface area contributed by atoms with E-state index in [1.54, 1.807) is 12.1 Å². The van der Waals surface area contributed by atoms with Crippen molar-refractivity contribution in [3.8, 4) is 0 Å². The highest BCUT2D eigenvalue weighted by Crippen LogP contribution is 2.26. The topological polar surface area (TPSA) is 3.24 Å². The lowest BCUT2D eigenvalue weighted by Crippen LogP contribution is -2.21. The maximum Gasteiger partial charge on any atom is 0.409 e. The van der Waals surface area contributed by atoms with Crippen LogP contribution in [-0.4, -0.2) is 12.7 Å². The van der Waals surface area contributed by atoms with Crippen molar-refractivity contribution in [2.24, 2.45) is 0 Å². The largest absolute Gasteiger partial charge is 0.409 e. The zero-order valence-corrected chi connectivity index (χ0v) is 13.6. The van der Waals surface area contributed by atoms with Crippen molar-refractivity contribution in [1.29, 1.82) is 0 Å². The van der Waals surface area contributed by atoms with Gasteiger partial charge in [-0.25, -0.2) is 0 Å². The standard InChI is InChI=1S/C16H15F3IN/c1-12-11-14(20)3-2-10-21(12)15-6-4-13(5-7-15)8-9-16(17,18)19/h3-9,11H,2,10H2,1H3/b9-8-. The Labute approximate surface area is 136 Å². The molecule has 0 unspecified atom stereocenters. The Morgan fingerprint density at radius 1 is 1.19 bits per heavy atom. The Bertz CT molecular complexity index is 583. The summed E-state index contributed by atoms with van der Waals surface area (Å²) in [4.78, 5) is 2.17. The number of alkyl halides is 3. The van der Waals surface area contributed by atoms with Gasteiger partial charge in [-0.1, -0.05) is 24.3 Å². The molecule has 0 fully saturated rings. The first-order valence-electron chi connectivity index (χ1n) is 6.53. The lowest BCUT2D eigenvalue weighted by molar-refractivity contribution is -0.0790. The van der Waals surface area contributed by atoms with Crippen molar-refractivity contribution >= 4 is 34.4 Å². The first-order chi connectivity index (χ1) is 9.85. The minimum Gasteiger partial charge on any atom is -0.345 e. The fourth-order valence-electron chi connectivity index (χ4n) is 2.13. The van der Waals surface area contributed by atoms with Crippen molar-refractivity contribution in [2.75, 3.05) is 11.4 Å². The van der Waals surface area contributed by atoms with Gasteiger partial charge in [0.1, 0.15) is 0 Å². The predicted octanol–water partition coefficient (Wildman–Crippen LogP) is 5.69. The number of hydrogen-bond donors (Lipinski definition) is 0. The summed E-state index contributed by atoms with van der Waals surface area (Å²) in [7, 11) is 0. The van der Waals surface area contributed by atoms with E-state index in [2.05, 4.69) is 39.6 Å². The number of allylic oxidation sites excluding steroid dienone is 4. The fourth-order valence-corrected chi connectivity index (χ4v) is 2.90. The molecule has 0 saturated carbocycles. The van der Waals surface area contributed by atoms with Crippen molar-refractivity contribution in [2.45, 2.75) is 19.5 Å². The molecule has 0 amide bonds. The van der Waals surface area contributed by atoms with Gasteiger partial charge in [0, 0.05) is 27.6 Å². The van der Waals surface area contributed by atoms with Crippen LogP contribution in [0.2, 0.25) is 0 Å². The molecule has 21 heavy (non-hydrogen) atoms. The van der Waals surface area contributed by atoms with Gasteiger partial charge in [0.05, 0.1) is 0 Å². The van der Waals surface area contributed by atoms with Crippen LogP contribution in [0.15, 0.2) is 51.8 Å². The minimum atomic E-state index is -4.27. The van der Waals surface area contributed by atoms with Gasteiger partial charge in [-0.3, -0.25) is 0 Å². The third kappa shape index (κ3) is 4.91. The van der Waals surface area contributed by atoms with E-state index >= 15 is 0 Å². The lowest BCUT2D eigenvalue weighted by atomic mass is 10.1. The summed E-state index contributed by atoms with van der Waals surface area (Å²) < 4.78 is 37.6. The molecule has 1 heterocycles. The van der Waals surface area contributed by atoms with Crippen molar-refractivity contribution < 1.29 is 13.2 Å². The summed E-state index contributed by atoms with van der Waals surface area (Å²) >= 11 is 2.29. The van der Waals surface area contributed by atoms with Crippen LogP contribution in [0.3, 0.4) is 0 Å². The Kier molecular flexibility index (Phi) is 5.13. The van der Waals surface area contributed by atoms with Gasteiger partial charge in [0.2, 0.25) is 0 Å². The van der Waals surface area contributed by atoms with E-state index in [1.807, 2.05) is 19.1 Å². The molecule has 0 spiro atoms.